The predicted octanol–water partition coefficient (Wildman–Crippen LogP) is 3.71. The van der Waals surface area contributed by atoms with E-state index in [1.807, 2.05) is 69.3 Å². The Kier molecular flexibility index (Phi) is 7.97. The zero-order chi connectivity index (χ0) is 23.8. The molecule has 0 heterocycles. The molecule has 1 unspecified atom stereocenters. The summed E-state index contributed by atoms with van der Waals surface area (Å²) in [4.78, 5) is 38.1. The number of benzene rings is 3. The van der Waals surface area contributed by atoms with Gasteiger partial charge in [0, 0.05) is 17.7 Å². The van der Waals surface area contributed by atoms with E-state index in [-0.39, 0.29) is 18.4 Å². The molecule has 3 aromatic carbocycles. The minimum absolute atomic E-state index is 0.196. The van der Waals surface area contributed by atoms with E-state index < -0.39 is 11.9 Å². The monoisotopic (exact) mass is 443 g/mol. The first kappa shape index (κ1) is 23.7. The summed E-state index contributed by atoms with van der Waals surface area (Å²) in [7, 11) is 0. The van der Waals surface area contributed by atoms with Gasteiger partial charge in [-0.05, 0) is 49.6 Å². The van der Waals surface area contributed by atoms with Crippen LogP contribution in [0.5, 0.6) is 0 Å². The topological polar surface area (TPSA) is 87.3 Å². The van der Waals surface area contributed by atoms with Crippen molar-refractivity contribution < 1.29 is 14.4 Å². The van der Waals surface area contributed by atoms with Crippen molar-refractivity contribution in [3.05, 3.63) is 101 Å². The fourth-order valence-electron chi connectivity index (χ4n) is 3.74. The number of aryl methyl sites for hydroxylation is 3. The molecule has 0 aliphatic heterocycles. The fourth-order valence-corrected chi connectivity index (χ4v) is 3.74. The van der Waals surface area contributed by atoms with E-state index >= 15 is 0 Å². The molecule has 0 bridgehead atoms. The van der Waals surface area contributed by atoms with Crippen LogP contribution < -0.4 is 16.0 Å². The van der Waals surface area contributed by atoms with Gasteiger partial charge in [0.1, 0.15) is 6.04 Å². The highest BCUT2D eigenvalue weighted by Gasteiger charge is 2.22. The second-order valence-corrected chi connectivity index (χ2v) is 8.12. The summed E-state index contributed by atoms with van der Waals surface area (Å²) in [6.45, 7) is 5.67. The van der Waals surface area contributed by atoms with Crippen LogP contribution in [0, 0.1) is 20.8 Å². The Morgan fingerprint density at radius 2 is 1.39 bits per heavy atom. The smallest absolute Gasteiger partial charge is 0.251 e. The van der Waals surface area contributed by atoms with Gasteiger partial charge in [-0.2, -0.15) is 0 Å². The molecule has 0 spiro atoms. The second-order valence-electron chi connectivity index (χ2n) is 8.12. The highest BCUT2D eigenvalue weighted by Crippen LogP contribution is 2.21. The lowest BCUT2D eigenvalue weighted by molar-refractivity contribution is -0.125. The van der Waals surface area contributed by atoms with Gasteiger partial charge in [-0.25, -0.2) is 0 Å². The van der Waals surface area contributed by atoms with Crippen LogP contribution in [0.4, 0.5) is 5.69 Å². The molecule has 0 aromatic heterocycles. The fraction of sp³-hybridized carbons (Fsp3) is 0.222. The molecule has 0 saturated carbocycles. The van der Waals surface area contributed by atoms with Gasteiger partial charge in [0.2, 0.25) is 11.8 Å². The van der Waals surface area contributed by atoms with Crippen LogP contribution >= 0.6 is 0 Å². The van der Waals surface area contributed by atoms with Gasteiger partial charge in [-0.3, -0.25) is 14.4 Å². The first-order valence-electron chi connectivity index (χ1n) is 10.9. The molecule has 6 heteroatoms. The van der Waals surface area contributed by atoms with Crippen LogP contribution in [-0.4, -0.2) is 30.3 Å². The molecule has 6 nitrogen and oxygen atoms in total. The molecule has 0 aliphatic carbocycles. The van der Waals surface area contributed by atoms with Gasteiger partial charge in [-0.15, -0.1) is 0 Å². The van der Waals surface area contributed by atoms with E-state index in [0.717, 1.165) is 27.9 Å². The minimum atomic E-state index is -0.823. The first-order valence-corrected chi connectivity index (χ1v) is 10.9. The third-order valence-electron chi connectivity index (χ3n) is 5.31. The maximum Gasteiger partial charge on any atom is 0.251 e. The van der Waals surface area contributed by atoms with Crippen molar-refractivity contribution in [3.63, 3.8) is 0 Å². The highest BCUT2D eigenvalue weighted by molar-refractivity contribution is 5.99. The van der Waals surface area contributed by atoms with Gasteiger partial charge in [0.15, 0.2) is 0 Å². The van der Waals surface area contributed by atoms with E-state index in [4.69, 9.17) is 0 Å². The lowest BCUT2D eigenvalue weighted by atomic mass is 10.0. The van der Waals surface area contributed by atoms with Crippen LogP contribution in [0.25, 0.3) is 0 Å². The van der Waals surface area contributed by atoms with Crippen molar-refractivity contribution in [3.8, 4) is 0 Å². The van der Waals surface area contributed by atoms with Gasteiger partial charge in [-0.1, -0.05) is 66.2 Å². The number of carbonyl (C=O) groups is 3. The average Bonchev–Trinajstić information content (AvgIpc) is 2.80. The first-order chi connectivity index (χ1) is 15.8. The van der Waals surface area contributed by atoms with E-state index in [1.165, 1.54) is 0 Å². The van der Waals surface area contributed by atoms with Gasteiger partial charge in [0.25, 0.3) is 5.91 Å². The maximum atomic E-state index is 12.9. The Morgan fingerprint density at radius 1 is 0.818 bits per heavy atom. The number of anilines is 1. The number of hydrogen-bond acceptors (Lipinski definition) is 3. The Bertz CT molecular complexity index is 1100. The number of rotatable bonds is 8. The summed E-state index contributed by atoms with van der Waals surface area (Å²) in [5.74, 6) is -1.09. The molecular formula is C27H29N3O3. The molecule has 1 atom stereocenters. The third kappa shape index (κ3) is 6.77. The zero-order valence-electron chi connectivity index (χ0n) is 19.1. The number of nitrogens with one attached hydrogen (secondary N) is 3. The third-order valence-corrected chi connectivity index (χ3v) is 5.31. The van der Waals surface area contributed by atoms with E-state index in [1.54, 1.807) is 24.3 Å². The summed E-state index contributed by atoms with van der Waals surface area (Å²) >= 11 is 0. The van der Waals surface area contributed by atoms with E-state index in [0.29, 0.717) is 12.0 Å². The van der Waals surface area contributed by atoms with Crippen molar-refractivity contribution in [2.24, 2.45) is 0 Å². The molecule has 3 aromatic rings. The average molecular weight is 444 g/mol. The SMILES string of the molecule is Cc1cc(C)c(NC(=O)CNC(=O)C(Cc2ccccc2)NC(=O)c2ccccc2)c(C)c1. The summed E-state index contributed by atoms with van der Waals surface area (Å²) < 4.78 is 0. The zero-order valence-corrected chi connectivity index (χ0v) is 19.1. The Labute approximate surface area is 194 Å². The lowest BCUT2D eigenvalue weighted by Crippen LogP contribution is -2.49. The second kappa shape index (κ2) is 11.1. The van der Waals surface area contributed by atoms with Crippen molar-refractivity contribution in [1.82, 2.24) is 10.6 Å². The van der Waals surface area contributed by atoms with Crippen LogP contribution in [0.15, 0.2) is 72.8 Å². The summed E-state index contributed by atoms with van der Waals surface area (Å²) in [6.07, 6.45) is 0.309. The minimum Gasteiger partial charge on any atom is -0.345 e. The van der Waals surface area contributed by atoms with Gasteiger partial charge >= 0.3 is 0 Å². The van der Waals surface area contributed by atoms with Crippen LogP contribution in [0.2, 0.25) is 0 Å². The molecule has 170 valence electrons. The molecule has 33 heavy (non-hydrogen) atoms. The quantitative estimate of drug-likeness (QED) is 0.496. The van der Waals surface area contributed by atoms with Gasteiger partial charge in [0.05, 0.1) is 6.54 Å². The highest BCUT2D eigenvalue weighted by atomic mass is 16.2. The van der Waals surface area contributed by atoms with Crippen molar-refractivity contribution in [1.29, 1.82) is 0 Å². The number of carbonyl (C=O) groups excluding carboxylic acids is 3. The maximum absolute atomic E-state index is 12.9. The van der Waals surface area contributed by atoms with Crippen molar-refractivity contribution in [2.45, 2.75) is 33.2 Å². The van der Waals surface area contributed by atoms with Crippen LogP contribution in [0.3, 0.4) is 0 Å². The molecule has 0 aliphatic rings. The molecule has 0 fully saturated rings. The van der Waals surface area contributed by atoms with E-state index in [9.17, 15) is 14.4 Å². The summed E-state index contributed by atoms with van der Waals surface area (Å²) in [5, 5.41) is 8.34. The number of hydrogen-bond donors (Lipinski definition) is 3. The Hall–Kier alpha value is -3.93. The predicted molar refractivity (Wildman–Crippen MR) is 130 cm³/mol. The Balaban J connectivity index is 1.66. The van der Waals surface area contributed by atoms with Crippen LogP contribution in [-0.2, 0) is 16.0 Å². The van der Waals surface area contributed by atoms with Gasteiger partial charge < -0.3 is 16.0 Å². The Morgan fingerprint density at radius 3 is 2.00 bits per heavy atom. The normalized spacial score (nSPS) is 11.4. The largest absolute Gasteiger partial charge is 0.345 e. The molecular weight excluding hydrogens is 414 g/mol. The molecule has 3 amide bonds. The van der Waals surface area contributed by atoms with Crippen molar-refractivity contribution in [2.75, 3.05) is 11.9 Å². The summed E-state index contributed by atoms with van der Waals surface area (Å²) in [6, 6.07) is 21.3. The van der Waals surface area contributed by atoms with Crippen molar-refractivity contribution >= 4 is 23.4 Å². The van der Waals surface area contributed by atoms with Crippen LogP contribution in [0.1, 0.15) is 32.6 Å². The molecule has 3 N–H and O–H groups in total. The summed E-state index contributed by atoms with van der Waals surface area (Å²) in [5.41, 5.74) is 5.16. The number of amides is 3. The lowest BCUT2D eigenvalue weighted by Gasteiger charge is -2.19. The molecule has 0 radical (unpaired) electrons. The standard InChI is InChI=1S/C27H29N3O3/c1-18-14-19(2)25(20(3)15-18)30-24(31)17-28-27(33)23(16-21-10-6-4-7-11-21)29-26(32)22-12-8-5-9-13-22/h4-15,23H,16-17H2,1-3H3,(H,28,33)(H,29,32)(H,30,31). The molecule has 3 rings (SSSR count). The molecule has 0 saturated heterocycles. The van der Waals surface area contributed by atoms with E-state index in [2.05, 4.69) is 16.0 Å².